The lowest BCUT2D eigenvalue weighted by molar-refractivity contribution is 0.371. The van der Waals surface area contributed by atoms with E-state index in [0.717, 1.165) is 12.4 Å². The topological polar surface area (TPSA) is 27.6 Å². The predicted octanol–water partition coefficient (Wildman–Crippen LogP) is 1.38. The molecule has 0 saturated carbocycles. The number of aliphatic imine (C=N–C) groups is 1. The Bertz CT molecular complexity index is 280. The highest BCUT2D eigenvalue weighted by molar-refractivity contribution is 6.69. The van der Waals surface area contributed by atoms with Gasteiger partial charge in [-0.1, -0.05) is 23.2 Å². The normalized spacial score (nSPS) is 22.4. The molecule has 58 valence electrons. The Balaban J connectivity index is 2.40. The maximum atomic E-state index is 5.83. The molecule has 0 atom stereocenters. The van der Waals surface area contributed by atoms with Crippen molar-refractivity contribution in [3.8, 4) is 0 Å². The molecule has 0 aromatic carbocycles. The summed E-state index contributed by atoms with van der Waals surface area (Å²) in [6, 6.07) is 0. The van der Waals surface area contributed by atoms with Crippen LogP contribution in [0.15, 0.2) is 28.1 Å². The maximum Gasteiger partial charge on any atom is 0.147 e. The molecule has 5 heteroatoms. The SMILES string of the molecule is ClC1=CC(Cl)=NC2=CCNN12. The molecule has 0 unspecified atom stereocenters. The van der Waals surface area contributed by atoms with Gasteiger partial charge in [0.2, 0.25) is 0 Å². The van der Waals surface area contributed by atoms with Crippen molar-refractivity contribution in [2.24, 2.45) is 4.99 Å². The van der Waals surface area contributed by atoms with Gasteiger partial charge >= 0.3 is 0 Å². The molecule has 0 amide bonds. The van der Waals surface area contributed by atoms with Crippen LogP contribution in [0.3, 0.4) is 0 Å². The van der Waals surface area contributed by atoms with E-state index < -0.39 is 0 Å². The minimum Gasteiger partial charge on any atom is -0.248 e. The van der Waals surface area contributed by atoms with E-state index in [2.05, 4.69) is 10.4 Å². The number of allylic oxidation sites excluding steroid dienone is 1. The fourth-order valence-electron chi connectivity index (χ4n) is 0.986. The predicted molar refractivity (Wildman–Crippen MR) is 45.1 cm³/mol. The molecule has 11 heavy (non-hydrogen) atoms. The first-order valence-electron chi connectivity index (χ1n) is 3.12. The van der Waals surface area contributed by atoms with Crippen LogP contribution in [0.2, 0.25) is 0 Å². The summed E-state index contributed by atoms with van der Waals surface area (Å²) in [7, 11) is 0. The van der Waals surface area contributed by atoms with Crippen molar-refractivity contribution in [3.05, 3.63) is 23.1 Å². The summed E-state index contributed by atoms with van der Waals surface area (Å²) in [6.07, 6.45) is 3.51. The van der Waals surface area contributed by atoms with Crippen LogP contribution < -0.4 is 5.43 Å². The van der Waals surface area contributed by atoms with E-state index in [4.69, 9.17) is 23.2 Å². The average Bonchev–Trinajstić information content (AvgIpc) is 2.34. The van der Waals surface area contributed by atoms with Crippen LogP contribution in [0.1, 0.15) is 0 Å². The van der Waals surface area contributed by atoms with E-state index in [9.17, 15) is 0 Å². The van der Waals surface area contributed by atoms with Gasteiger partial charge in [0, 0.05) is 12.6 Å². The third-order valence-electron chi connectivity index (χ3n) is 1.44. The number of rotatable bonds is 0. The lowest BCUT2D eigenvalue weighted by Crippen LogP contribution is -2.30. The van der Waals surface area contributed by atoms with Crippen LogP contribution in [0, 0.1) is 0 Å². The quantitative estimate of drug-likeness (QED) is 0.584. The van der Waals surface area contributed by atoms with Gasteiger partial charge in [-0.15, -0.1) is 0 Å². The second-order valence-corrected chi connectivity index (χ2v) is 2.94. The number of hydrogen-bond donors (Lipinski definition) is 1. The Hall–Kier alpha value is -0.510. The molecule has 1 N–H and O–H groups in total. The Labute approximate surface area is 74.0 Å². The second-order valence-electron chi connectivity index (χ2n) is 2.16. The number of fused-ring (bicyclic) bond motifs is 1. The molecule has 0 aliphatic carbocycles. The standard InChI is InChI=1S/C6H5Cl2N3/c7-4-3-5(8)11-6(10-4)1-2-9-11/h1,3,9H,2H2. The summed E-state index contributed by atoms with van der Waals surface area (Å²) >= 11 is 11.5. The van der Waals surface area contributed by atoms with Crippen LogP contribution >= 0.6 is 23.2 Å². The van der Waals surface area contributed by atoms with Crippen molar-refractivity contribution in [2.45, 2.75) is 0 Å². The minimum absolute atomic E-state index is 0.418. The van der Waals surface area contributed by atoms with Gasteiger partial charge in [0.25, 0.3) is 0 Å². The maximum absolute atomic E-state index is 5.83. The summed E-state index contributed by atoms with van der Waals surface area (Å²) in [6.45, 7) is 0.743. The third-order valence-corrected chi connectivity index (χ3v) is 1.91. The Kier molecular flexibility index (Phi) is 1.64. The Morgan fingerprint density at radius 2 is 2.36 bits per heavy atom. The third kappa shape index (κ3) is 1.15. The summed E-state index contributed by atoms with van der Waals surface area (Å²) in [5.74, 6) is 0.766. The number of hydrogen-bond acceptors (Lipinski definition) is 3. The number of halogens is 2. The molecule has 0 radical (unpaired) electrons. The smallest absolute Gasteiger partial charge is 0.147 e. The molecular weight excluding hydrogens is 185 g/mol. The molecule has 0 fully saturated rings. The summed E-state index contributed by atoms with van der Waals surface area (Å²) in [4.78, 5) is 4.04. The lowest BCUT2D eigenvalue weighted by atomic mass is 10.5. The lowest BCUT2D eigenvalue weighted by Gasteiger charge is -2.20. The van der Waals surface area contributed by atoms with Gasteiger partial charge in [-0.3, -0.25) is 0 Å². The number of nitrogens with zero attached hydrogens (tertiary/aromatic N) is 2. The molecule has 3 nitrogen and oxygen atoms in total. The highest BCUT2D eigenvalue weighted by Gasteiger charge is 2.20. The highest BCUT2D eigenvalue weighted by Crippen LogP contribution is 2.23. The molecule has 2 aliphatic heterocycles. The average molecular weight is 190 g/mol. The van der Waals surface area contributed by atoms with Crippen molar-refractivity contribution in [1.82, 2.24) is 10.4 Å². The largest absolute Gasteiger partial charge is 0.248 e. The first kappa shape index (κ1) is 7.16. The molecule has 2 heterocycles. The highest BCUT2D eigenvalue weighted by atomic mass is 35.5. The van der Waals surface area contributed by atoms with Crippen LogP contribution in [0.25, 0.3) is 0 Å². The van der Waals surface area contributed by atoms with Gasteiger partial charge in [-0.25, -0.2) is 15.4 Å². The molecular formula is C6H5Cl2N3. The monoisotopic (exact) mass is 189 g/mol. The first-order chi connectivity index (χ1) is 5.27. The zero-order valence-electron chi connectivity index (χ0n) is 5.51. The van der Waals surface area contributed by atoms with Gasteiger partial charge in [0.1, 0.15) is 16.1 Å². The molecule has 2 aliphatic rings. The summed E-state index contributed by atoms with van der Waals surface area (Å²) < 4.78 is 0. The van der Waals surface area contributed by atoms with Crippen molar-refractivity contribution in [2.75, 3.05) is 6.54 Å². The van der Waals surface area contributed by atoms with Crippen molar-refractivity contribution in [1.29, 1.82) is 0 Å². The van der Waals surface area contributed by atoms with Crippen LogP contribution in [0.4, 0.5) is 0 Å². The second kappa shape index (κ2) is 2.52. The molecule has 0 bridgehead atoms. The van der Waals surface area contributed by atoms with E-state index >= 15 is 0 Å². The zero-order chi connectivity index (χ0) is 7.84. The van der Waals surface area contributed by atoms with E-state index in [1.54, 1.807) is 11.1 Å². The van der Waals surface area contributed by atoms with E-state index in [0.29, 0.717) is 10.3 Å². The van der Waals surface area contributed by atoms with Crippen LogP contribution in [-0.2, 0) is 0 Å². The van der Waals surface area contributed by atoms with Gasteiger partial charge < -0.3 is 0 Å². The Morgan fingerprint density at radius 3 is 3.18 bits per heavy atom. The minimum atomic E-state index is 0.418. The van der Waals surface area contributed by atoms with Gasteiger partial charge in [0.05, 0.1) is 0 Å². The van der Waals surface area contributed by atoms with Crippen LogP contribution in [0.5, 0.6) is 0 Å². The number of nitrogens with one attached hydrogen (secondary N) is 1. The summed E-state index contributed by atoms with van der Waals surface area (Å²) in [5.41, 5.74) is 3.00. The van der Waals surface area contributed by atoms with E-state index in [1.807, 2.05) is 6.08 Å². The van der Waals surface area contributed by atoms with Crippen molar-refractivity contribution >= 4 is 28.4 Å². The van der Waals surface area contributed by atoms with E-state index in [1.165, 1.54) is 0 Å². The van der Waals surface area contributed by atoms with Crippen molar-refractivity contribution in [3.63, 3.8) is 0 Å². The molecule has 2 rings (SSSR count). The molecule has 0 aromatic rings. The number of hydrazine groups is 1. The fourth-order valence-corrected chi connectivity index (χ4v) is 1.48. The van der Waals surface area contributed by atoms with Gasteiger partial charge in [0.15, 0.2) is 0 Å². The zero-order valence-corrected chi connectivity index (χ0v) is 7.02. The van der Waals surface area contributed by atoms with E-state index in [-0.39, 0.29) is 0 Å². The molecule has 0 spiro atoms. The molecule has 0 saturated heterocycles. The molecule has 0 aromatic heterocycles. The fraction of sp³-hybridized carbons (Fsp3) is 0.167. The first-order valence-corrected chi connectivity index (χ1v) is 3.88. The Morgan fingerprint density at radius 1 is 1.55 bits per heavy atom. The van der Waals surface area contributed by atoms with Crippen molar-refractivity contribution < 1.29 is 0 Å². The van der Waals surface area contributed by atoms with Crippen LogP contribution in [-0.4, -0.2) is 16.7 Å². The van der Waals surface area contributed by atoms with Gasteiger partial charge in [-0.05, 0) is 6.08 Å². The van der Waals surface area contributed by atoms with Gasteiger partial charge in [-0.2, -0.15) is 0 Å². The summed E-state index contributed by atoms with van der Waals surface area (Å²) in [5, 5.41) is 2.66.